The molecule has 1 amide bonds. The number of benzene rings is 2. The molecule has 1 N–H and O–H groups in total. The van der Waals surface area contributed by atoms with Gasteiger partial charge in [0.05, 0.1) is 13.2 Å². The van der Waals surface area contributed by atoms with E-state index in [4.69, 9.17) is 4.74 Å². The molecule has 25 heavy (non-hydrogen) atoms. The lowest BCUT2D eigenvalue weighted by Gasteiger charge is -2.26. The normalized spacial score (nSPS) is 15.0. The average Bonchev–Trinajstić information content (AvgIpc) is 2.67. The summed E-state index contributed by atoms with van der Waals surface area (Å²) >= 11 is 0. The molecule has 0 bridgehead atoms. The van der Waals surface area contributed by atoms with Crippen LogP contribution in [-0.4, -0.2) is 50.2 Å². The Morgan fingerprint density at radius 1 is 1.00 bits per heavy atom. The van der Waals surface area contributed by atoms with Crippen LogP contribution in [0.1, 0.15) is 27.9 Å². The van der Waals surface area contributed by atoms with E-state index in [9.17, 15) is 4.79 Å². The minimum Gasteiger partial charge on any atom is -0.379 e. The molecule has 1 saturated heterocycles. The first-order chi connectivity index (χ1) is 12.3. The van der Waals surface area contributed by atoms with Crippen molar-refractivity contribution in [2.45, 2.75) is 12.8 Å². The smallest absolute Gasteiger partial charge is 0.251 e. The first kappa shape index (κ1) is 17.6. The Morgan fingerprint density at radius 3 is 2.52 bits per heavy atom. The number of hydrogen-bond donors (Lipinski definition) is 1. The van der Waals surface area contributed by atoms with Gasteiger partial charge in [-0.15, -0.1) is 0 Å². The topological polar surface area (TPSA) is 41.6 Å². The summed E-state index contributed by atoms with van der Waals surface area (Å²) in [6.45, 7) is 5.34. The van der Waals surface area contributed by atoms with Crippen LogP contribution in [-0.2, 0) is 11.2 Å². The fourth-order valence-corrected chi connectivity index (χ4v) is 3.14. The van der Waals surface area contributed by atoms with Gasteiger partial charge in [0.1, 0.15) is 0 Å². The van der Waals surface area contributed by atoms with E-state index in [2.05, 4.69) is 22.3 Å². The van der Waals surface area contributed by atoms with E-state index in [1.807, 2.05) is 42.5 Å². The van der Waals surface area contributed by atoms with Crippen LogP contribution in [0.25, 0.3) is 0 Å². The van der Waals surface area contributed by atoms with Gasteiger partial charge in [-0.05, 0) is 36.6 Å². The minimum absolute atomic E-state index is 0.0218. The maximum Gasteiger partial charge on any atom is 0.251 e. The highest BCUT2D eigenvalue weighted by atomic mass is 16.5. The monoisotopic (exact) mass is 338 g/mol. The first-order valence-electron chi connectivity index (χ1n) is 9.03. The summed E-state index contributed by atoms with van der Waals surface area (Å²) in [5.74, 6) is 0.0218. The highest BCUT2D eigenvalue weighted by molar-refractivity contribution is 5.95. The molecule has 0 atom stereocenters. The largest absolute Gasteiger partial charge is 0.379 e. The van der Waals surface area contributed by atoms with Gasteiger partial charge in [-0.1, -0.05) is 48.5 Å². The van der Waals surface area contributed by atoms with Crippen LogP contribution in [0.3, 0.4) is 0 Å². The van der Waals surface area contributed by atoms with E-state index in [0.717, 1.165) is 56.8 Å². The second kappa shape index (κ2) is 9.35. The van der Waals surface area contributed by atoms with Crippen molar-refractivity contribution in [2.75, 3.05) is 39.4 Å². The number of carbonyl (C=O) groups is 1. The Kier molecular flexibility index (Phi) is 6.60. The number of ether oxygens (including phenoxy) is 1. The molecular weight excluding hydrogens is 312 g/mol. The molecule has 0 spiro atoms. The molecule has 1 aliphatic rings. The summed E-state index contributed by atoms with van der Waals surface area (Å²) in [4.78, 5) is 15.0. The lowest BCUT2D eigenvalue weighted by Crippen LogP contribution is -2.38. The molecule has 1 aliphatic heterocycles. The van der Waals surface area contributed by atoms with Gasteiger partial charge in [-0.25, -0.2) is 0 Å². The van der Waals surface area contributed by atoms with Gasteiger partial charge in [0.2, 0.25) is 0 Å². The standard InChI is InChI=1S/C21H26N2O2/c24-21(22-11-6-12-23-13-15-25-16-14-23)20-10-5-4-9-19(20)17-18-7-2-1-3-8-18/h1-5,7-10H,6,11-17H2,(H,22,24). The van der Waals surface area contributed by atoms with Crippen LogP contribution in [0.5, 0.6) is 0 Å². The Hall–Kier alpha value is -2.17. The number of hydrogen-bond acceptors (Lipinski definition) is 3. The van der Waals surface area contributed by atoms with E-state index in [0.29, 0.717) is 6.54 Å². The number of rotatable bonds is 7. The van der Waals surface area contributed by atoms with Crippen LogP contribution in [0, 0.1) is 0 Å². The quantitative estimate of drug-likeness (QED) is 0.789. The highest BCUT2D eigenvalue weighted by Crippen LogP contribution is 2.14. The van der Waals surface area contributed by atoms with E-state index in [1.165, 1.54) is 5.56 Å². The van der Waals surface area contributed by atoms with E-state index in [-0.39, 0.29) is 5.91 Å². The minimum atomic E-state index is 0.0218. The van der Waals surface area contributed by atoms with Crippen molar-refractivity contribution >= 4 is 5.91 Å². The zero-order valence-corrected chi connectivity index (χ0v) is 14.6. The maximum absolute atomic E-state index is 12.6. The van der Waals surface area contributed by atoms with Crippen LogP contribution < -0.4 is 5.32 Å². The third kappa shape index (κ3) is 5.41. The lowest BCUT2D eigenvalue weighted by atomic mass is 9.99. The second-order valence-corrected chi connectivity index (χ2v) is 6.38. The molecule has 2 aromatic rings. The molecule has 132 valence electrons. The molecule has 2 aromatic carbocycles. The summed E-state index contributed by atoms with van der Waals surface area (Å²) in [6.07, 6.45) is 1.74. The summed E-state index contributed by atoms with van der Waals surface area (Å²) in [5.41, 5.74) is 3.06. The summed E-state index contributed by atoms with van der Waals surface area (Å²) in [7, 11) is 0. The van der Waals surface area contributed by atoms with Gasteiger partial charge >= 0.3 is 0 Å². The number of amides is 1. The van der Waals surface area contributed by atoms with Gasteiger partial charge < -0.3 is 10.1 Å². The molecule has 1 fully saturated rings. The Labute approximate surface area is 149 Å². The lowest BCUT2D eigenvalue weighted by molar-refractivity contribution is 0.0374. The zero-order valence-electron chi connectivity index (χ0n) is 14.6. The molecule has 1 heterocycles. The number of morpholine rings is 1. The molecule has 0 aliphatic carbocycles. The van der Waals surface area contributed by atoms with Gasteiger partial charge in [0.25, 0.3) is 5.91 Å². The van der Waals surface area contributed by atoms with E-state index in [1.54, 1.807) is 0 Å². The fourth-order valence-electron chi connectivity index (χ4n) is 3.14. The fraction of sp³-hybridized carbons (Fsp3) is 0.381. The Morgan fingerprint density at radius 2 is 1.72 bits per heavy atom. The maximum atomic E-state index is 12.6. The Bertz CT molecular complexity index is 667. The Balaban J connectivity index is 1.51. The predicted molar refractivity (Wildman–Crippen MR) is 99.9 cm³/mol. The summed E-state index contributed by atoms with van der Waals surface area (Å²) < 4.78 is 5.35. The second-order valence-electron chi connectivity index (χ2n) is 6.38. The molecule has 0 aromatic heterocycles. The van der Waals surface area contributed by atoms with Crippen LogP contribution >= 0.6 is 0 Å². The summed E-state index contributed by atoms with van der Waals surface area (Å²) in [6, 6.07) is 18.1. The number of carbonyl (C=O) groups excluding carboxylic acids is 1. The van der Waals surface area contributed by atoms with E-state index >= 15 is 0 Å². The first-order valence-corrected chi connectivity index (χ1v) is 9.03. The third-order valence-electron chi connectivity index (χ3n) is 4.54. The summed E-state index contributed by atoms with van der Waals surface area (Å²) in [5, 5.41) is 3.07. The van der Waals surface area contributed by atoms with Crippen LogP contribution in [0.2, 0.25) is 0 Å². The molecule has 0 saturated carbocycles. The van der Waals surface area contributed by atoms with Crippen LogP contribution in [0.4, 0.5) is 0 Å². The SMILES string of the molecule is O=C(NCCCN1CCOCC1)c1ccccc1Cc1ccccc1. The molecule has 0 radical (unpaired) electrons. The molecule has 3 rings (SSSR count). The van der Waals surface area contributed by atoms with Crippen molar-refractivity contribution in [2.24, 2.45) is 0 Å². The molecule has 4 nitrogen and oxygen atoms in total. The molecule has 4 heteroatoms. The highest BCUT2D eigenvalue weighted by Gasteiger charge is 2.12. The van der Waals surface area contributed by atoms with Crippen molar-refractivity contribution < 1.29 is 9.53 Å². The molecule has 0 unspecified atom stereocenters. The van der Waals surface area contributed by atoms with E-state index < -0.39 is 0 Å². The number of nitrogens with zero attached hydrogens (tertiary/aromatic N) is 1. The third-order valence-corrected chi connectivity index (χ3v) is 4.54. The van der Waals surface area contributed by atoms with Crippen molar-refractivity contribution in [3.05, 3.63) is 71.3 Å². The van der Waals surface area contributed by atoms with Crippen molar-refractivity contribution in [3.8, 4) is 0 Å². The van der Waals surface area contributed by atoms with Gasteiger partial charge in [-0.2, -0.15) is 0 Å². The zero-order chi connectivity index (χ0) is 17.3. The van der Waals surface area contributed by atoms with Gasteiger partial charge in [-0.3, -0.25) is 9.69 Å². The van der Waals surface area contributed by atoms with Crippen molar-refractivity contribution in [1.82, 2.24) is 10.2 Å². The van der Waals surface area contributed by atoms with Gasteiger partial charge in [0, 0.05) is 25.2 Å². The van der Waals surface area contributed by atoms with Crippen molar-refractivity contribution in [1.29, 1.82) is 0 Å². The number of nitrogens with one attached hydrogen (secondary N) is 1. The molecular formula is C21H26N2O2. The van der Waals surface area contributed by atoms with Gasteiger partial charge in [0.15, 0.2) is 0 Å². The van der Waals surface area contributed by atoms with Crippen molar-refractivity contribution in [3.63, 3.8) is 0 Å². The predicted octanol–water partition coefficient (Wildman–Crippen LogP) is 2.73. The average molecular weight is 338 g/mol. The van der Waals surface area contributed by atoms with Crippen LogP contribution in [0.15, 0.2) is 54.6 Å².